The van der Waals surface area contributed by atoms with Gasteiger partial charge in [0, 0.05) is 29.7 Å². The number of benzene rings is 2. The predicted molar refractivity (Wildman–Crippen MR) is 120 cm³/mol. The first-order valence-corrected chi connectivity index (χ1v) is 11.2. The summed E-state index contributed by atoms with van der Waals surface area (Å²) in [7, 11) is 0. The second-order valence-electron chi connectivity index (χ2n) is 7.33. The number of nitrogens with one attached hydrogen (secondary N) is 1. The molecule has 1 atom stereocenters. The van der Waals surface area contributed by atoms with Crippen LogP contribution in [0, 0.1) is 5.82 Å². The van der Waals surface area contributed by atoms with Crippen LogP contribution in [-0.4, -0.2) is 46.6 Å². The Bertz CT molecular complexity index is 1090. The van der Waals surface area contributed by atoms with Crippen molar-refractivity contribution < 1.29 is 18.7 Å². The maximum Gasteiger partial charge on any atom is 0.286 e. The zero-order valence-electron chi connectivity index (χ0n) is 17.0. The van der Waals surface area contributed by atoms with Gasteiger partial charge in [-0.2, -0.15) is 0 Å². The van der Waals surface area contributed by atoms with Crippen LogP contribution in [0.3, 0.4) is 0 Å². The summed E-state index contributed by atoms with van der Waals surface area (Å²) in [6.07, 6.45) is 1.68. The van der Waals surface area contributed by atoms with Crippen molar-refractivity contribution >= 4 is 40.4 Å². The summed E-state index contributed by atoms with van der Waals surface area (Å²) in [6, 6.07) is 12.3. The third kappa shape index (κ3) is 5.60. The first-order valence-electron chi connectivity index (χ1n) is 10.0. The molecular formula is C22H20ClFN4O3S. The molecule has 1 fully saturated rings. The molecule has 2 amide bonds. The van der Waals surface area contributed by atoms with Gasteiger partial charge < -0.3 is 15.0 Å². The summed E-state index contributed by atoms with van der Waals surface area (Å²) in [5.74, 6) is -0.301. The Balaban J connectivity index is 1.33. The lowest BCUT2D eigenvalue weighted by atomic mass is 9.99. The molecule has 2 heterocycles. The molecule has 0 bridgehead atoms. The number of ether oxygens (including phenoxy) is 1. The molecule has 1 saturated heterocycles. The molecule has 0 spiro atoms. The highest BCUT2D eigenvalue weighted by atomic mass is 35.5. The van der Waals surface area contributed by atoms with E-state index in [0.29, 0.717) is 34.6 Å². The minimum absolute atomic E-state index is 0.00750. The standard InChI is InChI=1S/C22H20ClFN4O3S/c23-15-3-9-18(10-4-15)31-13-19(29)28-11-1-2-14(12-28)21-26-27-22(32-21)20(30)25-17-7-5-16(24)6-8-17/h3-10,14H,1-2,11-13H2,(H,25,30). The summed E-state index contributed by atoms with van der Waals surface area (Å²) in [6.45, 7) is 1.09. The third-order valence-electron chi connectivity index (χ3n) is 5.04. The first-order chi connectivity index (χ1) is 15.5. The number of amides is 2. The Hall–Kier alpha value is -3.04. The molecule has 0 saturated carbocycles. The van der Waals surface area contributed by atoms with Crippen LogP contribution in [0.15, 0.2) is 48.5 Å². The Kier molecular flexibility index (Phi) is 6.96. The average Bonchev–Trinajstić information content (AvgIpc) is 3.31. The number of anilines is 1. The average molecular weight is 475 g/mol. The number of carbonyl (C=O) groups excluding carboxylic acids is 2. The number of halogens is 2. The fourth-order valence-corrected chi connectivity index (χ4v) is 4.37. The lowest BCUT2D eigenvalue weighted by molar-refractivity contribution is -0.134. The van der Waals surface area contributed by atoms with Crippen LogP contribution in [0.25, 0.3) is 0 Å². The Morgan fingerprint density at radius 3 is 2.66 bits per heavy atom. The van der Waals surface area contributed by atoms with Crippen molar-refractivity contribution in [2.75, 3.05) is 25.0 Å². The third-order valence-corrected chi connectivity index (χ3v) is 6.37. The van der Waals surface area contributed by atoms with Gasteiger partial charge in [0.2, 0.25) is 5.01 Å². The molecular weight excluding hydrogens is 455 g/mol. The van der Waals surface area contributed by atoms with Gasteiger partial charge in [0.25, 0.3) is 11.8 Å². The van der Waals surface area contributed by atoms with E-state index < -0.39 is 5.91 Å². The minimum Gasteiger partial charge on any atom is -0.484 e. The molecule has 1 aliphatic rings. The van der Waals surface area contributed by atoms with E-state index >= 15 is 0 Å². The smallest absolute Gasteiger partial charge is 0.286 e. The van der Waals surface area contributed by atoms with Crippen molar-refractivity contribution in [3.8, 4) is 5.75 Å². The number of piperidine rings is 1. The monoisotopic (exact) mass is 474 g/mol. The summed E-state index contributed by atoms with van der Waals surface area (Å²) in [4.78, 5) is 26.8. The van der Waals surface area contributed by atoms with Crippen LogP contribution in [0.4, 0.5) is 10.1 Å². The Morgan fingerprint density at radius 2 is 1.91 bits per heavy atom. The molecule has 10 heteroatoms. The second-order valence-corrected chi connectivity index (χ2v) is 8.77. The molecule has 1 aliphatic heterocycles. The van der Waals surface area contributed by atoms with Crippen molar-refractivity contribution in [3.63, 3.8) is 0 Å². The highest BCUT2D eigenvalue weighted by Crippen LogP contribution is 2.29. The largest absolute Gasteiger partial charge is 0.484 e. The van der Waals surface area contributed by atoms with Crippen LogP contribution in [0.5, 0.6) is 5.75 Å². The highest BCUT2D eigenvalue weighted by Gasteiger charge is 2.28. The Labute approximate surface area is 193 Å². The van der Waals surface area contributed by atoms with Gasteiger partial charge >= 0.3 is 0 Å². The van der Waals surface area contributed by atoms with E-state index in [1.807, 2.05) is 0 Å². The van der Waals surface area contributed by atoms with Crippen molar-refractivity contribution in [1.29, 1.82) is 0 Å². The summed E-state index contributed by atoms with van der Waals surface area (Å²) in [5.41, 5.74) is 0.475. The molecule has 1 N–H and O–H groups in total. The minimum atomic E-state index is -0.402. The van der Waals surface area contributed by atoms with Gasteiger partial charge in [-0.1, -0.05) is 22.9 Å². The molecule has 32 heavy (non-hydrogen) atoms. The van der Waals surface area contributed by atoms with Gasteiger partial charge in [-0.3, -0.25) is 9.59 Å². The fourth-order valence-electron chi connectivity index (χ4n) is 3.38. The molecule has 7 nitrogen and oxygen atoms in total. The number of carbonyl (C=O) groups is 2. The van der Waals surface area contributed by atoms with E-state index in [1.165, 1.54) is 35.6 Å². The van der Waals surface area contributed by atoms with E-state index in [-0.39, 0.29) is 29.3 Å². The first kappa shape index (κ1) is 22.2. The molecule has 1 aromatic heterocycles. The number of hydrogen-bond donors (Lipinski definition) is 1. The van der Waals surface area contributed by atoms with E-state index in [4.69, 9.17) is 16.3 Å². The normalized spacial score (nSPS) is 15.9. The maximum absolute atomic E-state index is 13.0. The quantitative estimate of drug-likeness (QED) is 0.573. The number of rotatable bonds is 6. The number of likely N-dealkylation sites (tertiary alicyclic amines) is 1. The maximum atomic E-state index is 13.0. The number of aromatic nitrogens is 2. The summed E-state index contributed by atoms with van der Waals surface area (Å²) < 4.78 is 18.6. The lowest BCUT2D eigenvalue weighted by Gasteiger charge is -2.31. The molecule has 2 aromatic carbocycles. The molecule has 3 aromatic rings. The van der Waals surface area contributed by atoms with Crippen molar-refractivity contribution in [1.82, 2.24) is 15.1 Å². The van der Waals surface area contributed by atoms with Crippen molar-refractivity contribution in [2.24, 2.45) is 0 Å². The summed E-state index contributed by atoms with van der Waals surface area (Å²) in [5, 5.41) is 12.4. The molecule has 0 radical (unpaired) electrons. The molecule has 166 valence electrons. The fraction of sp³-hybridized carbons (Fsp3) is 0.273. The zero-order valence-corrected chi connectivity index (χ0v) is 18.5. The van der Waals surface area contributed by atoms with E-state index in [0.717, 1.165) is 12.8 Å². The Morgan fingerprint density at radius 1 is 1.16 bits per heavy atom. The van der Waals surface area contributed by atoms with Crippen LogP contribution >= 0.6 is 22.9 Å². The van der Waals surface area contributed by atoms with Gasteiger partial charge in [0.1, 0.15) is 16.6 Å². The SMILES string of the molecule is O=C(Nc1ccc(F)cc1)c1nnc(C2CCCN(C(=O)COc3ccc(Cl)cc3)C2)s1. The predicted octanol–water partition coefficient (Wildman–Crippen LogP) is 4.37. The highest BCUT2D eigenvalue weighted by molar-refractivity contribution is 7.13. The van der Waals surface area contributed by atoms with Crippen molar-refractivity contribution in [3.05, 3.63) is 69.4 Å². The van der Waals surface area contributed by atoms with E-state index in [1.54, 1.807) is 29.2 Å². The zero-order chi connectivity index (χ0) is 22.5. The van der Waals surface area contributed by atoms with Crippen LogP contribution in [0.1, 0.15) is 33.6 Å². The van der Waals surface area contributed by atoms with Gasteiger partial charge in [-0.15, -0.1) is 10.2 Å². The van der Waals surface area contributed by atoms with E-state index in [2.05, 4.69) is 15.5 Å². The van der Waals surface area contributed by atoms with Gasteiger partial charge in [0.05, 0.1) is 0 Å². The lowest BCUT2D eigenvalue weighted by Crippen LogP contribution is -2.41. The molecule has 4 rings (SSSR count). The number of nitrogens with zero attached hydrogens (tertiary/aromatic N) is 3. The second kappa shape index (κ2) is 10.1. The van der Waals surface area contributed by atoms with Gasteiger partial charge in [-0.25, -0.2) is 4.39 Å². The van der Waals surface area contributed by atoms with Crippen LogP contribution < -0.4 is 10.1 Å². The van der Waals surface area contributed by atoms with E-state index in [9.17, 15) is 14.0 Å². The topological polar surface area (TPSA) is 84.4 Å². The van der Waals surface area contributed by atoms with Crippen molar-refractivity contribution in [2.45, 2.75) is 18.8 Å². The van der Waals surface area contributed by atoms with Crippen LogP contribution in [-0.2, 0) is 4.79 Å². The van der Waals surface area contributed by atoms with Gasteiger partial charge in [0.15, 0.2) is 6.61 Å². The van der Waals surface area contributed by atoms with Crippen LogP contribution in [0.2, 0.25) is 5.02 Å². The molecule has 1 unspecified atom stereocenters. The summed E-state index contributed by atoms with van der Waals surface area (Å²) >= 11 is 7.06. The van der Waals surface area contributed by atoms with Gasteiger partial charge in [-0.05, 0) is 61.4 Å². The number of hydrogen-bond acceptors (Lipinski definition) is 6. The molecule has 0 aliphatic carbocycles.